The van der Waals surface area contributed by atoms with Gasteiger partial charge in [0, 0.05) is 11.6 Å². The first kappa shape index (κ1) is 23.7. The van der Waals surface area contributed by atoms with Gasteiger partial charge in [-0.3, -0.25) is 9.36 Å². The van der Waals surface area contributed by atoms with Crippen molar-refractivity contribution in [3.8, 4) is 5.75 Å². The minimum absolute atomic E-state index is 0.119. The van der Waals surface area contributed by atoms with Gasteiger partial charge in [-0.05, 0) is 36.4 Å². The van der Waals surface area contributed by atoms with Crippen LogP contribution in [0.4, 0.5) is 18.9 Å². The molecule has 0 saturated heterocycles. The predicted molar refractivity (Wildman–Crippen MR) is 117 cm³/mol. The zero-order chi connectivity index (χ0) is 23.1. The summed E-state index contributed by atoms with van der Waals surface area (Å²) in [6.45, 7) is 4.19. The molecule has 3 rings (SSSR count). The summed E-state index contributed by atoms with van der Waals surface area (Å²) in [5.41, 5.74) is -1.20. The second-order valence-corrected chi connectivity index (χ2v) is 7.80. The van der Waals surface area contributed by atoms with Crippen molar-refractivity contribution in [1.82, 2.24) is 14.8 Å². The molecule has 0 aliphatic heterocycles. The molecule has 0 unspecified atom stereocenters. The zero-order valence-corrected chi connectivity index (χ0v) is 18.2. The average Bonchev–Trinajstić information content (AvgIpc) is 3.13. The number of benzene rings is 2. The maximum atomic E-state index is 13.1. The summed E-state index contributed by atoms with van der Waals surface area (Å²) < 4.78 is 46.7. The van der Waals surface area contributed by atoms with E-state index < -0.39 is 17.6 Å². The summed E-state index contributed by atoms with van der Waals surface area (Å²) in [7, 11) is 0. The number of halogens is 4. The normalized spacial score (nSPS) is 11.2. The number of anilines is 1. The number of carbonyl (C=O) groups excluding carboxylic acids is 1. The van der Waals surface area contributed by atoms with Crippen LogP contribution in [0, 0.1) is 0 Å². The van der Waals surface area contributed by atoms with Crippen molar-refractivity contribution in [1.29, 1.82) is 0 Å². The molecule has 0 saturated carbocycles. The third-order valence-corrected chi connectivity index (χ3v) is 5.34. The van der Waals surface area contributed by atoms with E-state index in [-0.39, 0.29) is 18.0 Å². The van der Waals surface area contributed by atoms with Crippen molar-refractivity contribution < 1.29 is 22.7 Å². The number of hydrogen-bond donors (Lipinski definition) is 1. The molecule has 0 aliphatic carbocycles. The molecule has 1 aromatic heterocycles. The molecule has 0 aliphatic rings. The van der Waals surface area contributed by atoms with Crippen LogP contribution < -0.4 is 10.1 Å². The zero-order valence-electron chi connectivity index (χ0n) is 16.6. The van der Waals surface area contributed by atoms with E-state index in [1.807, 2.05) is 0 Å². The first-order chi connectivity index (χ1) is 15.3. The van der Waals surface area contributed by atoms with E-state index in [4.69, 9.17) is 16.3 Å². The van der Waals surface area contributed by atoms with Gasteiger partial charge in [0.05, 0.1) is 17.0 Å². The predicted octanol–water partition coefficient (Wildman–Crippen LogP) is 5.45. The maximum absolute atomic E-state index is 13.1. The Morgan fingerprint density at radius 3 is 2.59 bits per heavy atom. The van der Waals surface area contributed by atoms with Crippen LogP contribution in [-0.2, 0) is 24.1 Å². The molecule has 0 fully saturated rings. The monoisotopic (exact) mass is 482 g/mol. The summed E-state index contributed by atoms with van der Waals surface area (Å²) in [6, 6.07) is 11.6. The summed E-state index contributed by atoms with van der Waals surface area (Å²) in [5, 5.41) is 11.5. The average molecular weight is 483 g/mol. The number of nitrogens with zero attached hydrogens (tertiary/aromatic N) is 3. The first-order valence-corrected chi connectivity index (χ1v) is 10.6. The van der Waals surface area contributed by atoms with Crippen LogP contribution in [0.3, 0.4) is 0 Å². The molecule has 11 heteroatoms. The Balaban J connectivity index is 1.64. The highest BCUT2D eigenvalue weighted by Crippen LogP contribution is 2.34. The number of hydrogen-bond acceptors (Lipinski definition) is 5. The van der Waals surface area contributed by atoms with Gasteiger partial charge in [-0.15, -0.1) is 16.8 Å². The fraction of sp³-hybridized carbons (Fsp3) is 0.190. The van der Waals surface area contributed by atoms with E-state index in [1.165, 1.54) is 18.2 Å². The van der Waals surface area contributed by atoms with Gasteiger partial charge in [-0.1, -0.05) is 41.6 Å². The minimum atomic E-state index is -4.57. The van der Waals surface area contributed by atoms with Gasteiger partial charge in [0.1, 0.15) is 12.4 Å². The van der Waals surface area contributed by atoms with Gasteiger partial charge in [0.2, 0.25) is 5.91 Å². The number of amides is 1. The van der Waals surface area contributed by atoms with Gasteiger partial charge >= 0.3 is 6.18 Å². The molecule has 32 heavy (non-hydrogen) atoms. The molecule has 0 bridgehead atoms. The molecule has 0 radical (unpaired) electrons. The molecule has 1 heterocycles. The number of ether oxygens (including phenoxy) is 1. The van der Waals surface area contributed by atoms with Crippen molar-refractivity contribution >= 4 is 35.0 Å². The Morgan fingerprint density at radius 1 is 1.19 bits per heavy atom. The Kier molecular flexibility index (Phi) is 7.81. The van der Waals surface area contributed by atoms with E-state index in [1.54, 1.807) is 34.9 Å². The minimum Gasteiger partial charge on any atom is -0.486 e. The number of allylic oxidation sites excluding steroid dienone is 1. The third-order valence-electron chi connectivity index (χ3n) is 4.13. The van der Waals surface area contributed by atoms with Crippen LogP contribution in [0.2, 0.25) is 5.02 Å². The largest absolute Gasteiger partial charge is 0.486 e. The lowest BCUT2D eigenvalue weighted by molar-refractivity contribution is -0.137. The number of para-hydroxylation sites is 1. The Hall–Kier alpha value is -2.98. The quantitative estimate of drug-likeness (QED) is 0.324. The van der Waals surface area contributed by atoms with Crippen LogP contribution in [0.15, 0.2) is 66.3 Å². The molecule has 2 aromatic carbocycles. The molecular weight excluding hydrogens is 465 g/mol. The number of alkyl halides is 3. The van der Waals surface area contributed by atoms with Crippen LogP contribution in [-0.4, -0.2) is 26.4 Å². The second kappa shape index (κ2) is 10.6. The van der Waals surface area contributed by atoms with Gasteiger partial charge in [0.25, 0.3) is 0 Å². The molecular formula is C21H18ClF3N4O2S. The first-order valence-electron chi connectivity index (χ1n) is 9.28. The van der Waals surface area contributed by atoms with Crippen LogP contribution in [0.25, 0.3) is 0 Å². The Labute approximate surface area is 191 Å². The number of carbonyl (C=O) groups is 1. The van der Waals surface area contributed by atoms with Crippen molar-refractivity contribution in [3.05, 3.63) is 77.6 Å². The highest BCUT2D eigenvalue weighted by atomic mass is 35.5. The van der Waals surface area contributed by atoms with Crippen molar-refractivity contribution in [2.45, 2.75) is 24.5 Å². The fourth-order valence-corrected chi connectivity index (χ4v) is 3.57. The molecule has 0 atom stereocenters. The number of nitrogens with one attached hydrogen (secondary N) is 1. The van der Waals surface area contributed by atoms with E-state index in [0.717, 1.165) is 17.8 Å². The van der Waals surface area contributed by atoms with Gasteiger partial charge in [-0.2, -0.15) is 13.2 Å². The van der Waals surface area contributed by atoms with Gasteiger partial charge in [0.15, 0.2) is 11.0 Å². The van der Waals surface area contributed by atoms with Crippen LogP contribution >= 0.6 is 23.4 Å². The third kappa shape index (κ3) is 6.27. The topological polar surface area (TPSA) is 69.0 Å². The second-order valence-electron chi connectivity index (χ2n) is 6.42. The van der Waals surface area contributed by atoms with Crippen molar-refractivity contribution in [2.24, 2.45) is 0 Å². The molecule has 168 valence electrons. The van der Waals surface area contributed by atoms with Gasteiger partial charge in [-0.25, -0.2) is 0 Å². The Morgan fingerprint density at radius 2 is 1.91 bits per heavy atom. The summed E-state index contributed by atoms with van der Waals surface area (Å²) in [4.78, 5) is 12.3. The van der Waals surface area contributed by atoms with Crippen molar-refractivity contribution in [2.75, 3.05) is 11.1 Å². The van der Waals surface area contributed by atoms with E-state index in [0.29, 0.717) is 28.3 Å². The van der Waals surface area contributed by atoms with Crippen LogP contribution in [0.1, 0.15) is 11.4 Å². The number of aromatic nitrogens is 3. The number of rotatable bonds is 9. The lowest BCUT2D eigenvalue weighted by atomic mass is 10.1. The summed E-state index contributed by atoms with van der Waals surface area (Å²) >= 11 is 6.90. The summed E-state index contributed by atoms with van der Waals surface area (Å²) in [6.07, 6.45) is -2.93. The molecule has 1 amide bonds. The molecule has 6 nitrogen and oxygen atoms in total. The Bertz CT molecular complexity index is 1090. The smallest absolute Gasteiger partial charge is 0.418 e. The van der Waals surface area contributed by atoms with Gasteiger partial charge < -0.3 is 10.1 Å². The maximum Gasteiger partial charge on any atom is 0.418 e. The van der Waals surface area contributed by atoms with E-state index in [2.05, 4.69) is 22.1 Å². The lowest BCUT2D eigenvalue weighted by Gasteiger charge is -2.13. The SMILES string of the molecule is C=CCn1c(COc2ccc(Cl)cc2)nnc1SCC(=O)Nc1ccccc1C(F)(F)F. The highest BCUT2D eigenvalue weighted by Gasteiger charge is 2.33. The fourth-order valence-electron chi connectivity index (χ4n) is 2.68. The standard InChI is InChI=1S/C21H18ClF3N4O2S/c1-2-11-29-18(12-31-15-9-7-14(22)8-10-15)27-28-20(29)32-13-19(30)26-17-6-4-3-5-16(17)21(23,24)25/h2-10H,1,11-13H2,(H,26,30). The van der Waals surface area contributed by atoms with E-state index in [9.17, 15) is 18.0 Å². The lowest BCUT2D eigenvalue weighted by Crippen LogP contribution is -2.18. The highest BCUT2D eigenvalue weighted by molar-refractivity contribution is 7.99. The molecule has 0 spiro atoms. The van der Waals surface area contributed by atoms with Crippen LogP contribution in [0.5, 0.6) is 5.75 Å². The molecule has 1 N–H and O–H groups in total. The molecule has 3 aromatic rings. The number of thioether (sulfide) groups is 1. The van der Waals surface area contributed by atoms with E-state index >= 15 is 0 Å². The van der Waals surface area contributed by atoms with Crippen molar-refractivity contribution in [3.63, 3.8) is 0 Å². The summed E-state index contributed by atoms with van der Waals surface area (Å²) in [5.74, 6) is 0.350.